The highest BCUT2D eigenvalue weighted by atomic mass is 79.9. The number of carbonyl (C=O) groups is 1. The molecule has 0 aliphatic rings. The van der Waals surface area contributed by atoms with Crippen molar-refractivity contribution in [2.24, 2.45) is 5.10 Å². The molecule has 0 atom stereocenters. The summed E-state index contributed by atoms with van der Waals surface area (Å²) in [6.45, 7) is 6.02. The van der Waals surface area contributed by atoms with Gasteiger partial charge in [-0.15, -0.1) is 0 Å². The highest BCUT2D eigenvalue weighted by Gasteiger charge is 2.10. The Morgan fingerprint density at radius 3 is 2.54 bits per heavy atom. The maximum absolute atomic E-state index is 12.0. The summed E-state index contributed by atoms with van der Waals surface area (Å²) in [6, 6.07) is 9.35. The molecule has 0 aliphatic heterocycles. The van der Waals surface area contributed by atoms with Gasteiger partial charge in [-0.25, -0.2) is 5.43 Å². The number of nitrogens with one attached hydrogen (secondary N) is 1. The lowest BCUT2D eigenvalue weighted by molar-refractivity contribution is -0.123. The molecule has 7 heteroatoms. The van der Waals surface area contributed by atoms with Crippen molar-refractivity contribution in [3.05, 3.63) is 56.0 Å². The summed E-state index contributed by atoms with van der Waals surface area (Å²) in [5.41, 5.74) is 5.28. The SMILES string of the molecule is Cc1ccc(C(C)C)c(OCC(=O)N/N=C/c2cc(Br)c(O)c(Br)c2)c1. The van der Waals surface area contributed by atoms with Crippen LogP contribution in [-0.4, -0.2) is 23.8 Å². The molecule has 2 aromatic rings. The van der Waals surface area contributed by atoms with Crippen LogP contribution in [0.4, 0.5) is 0 Å². The number of carbonyl (C=O) groups excluding carboxylic acids is 1. The van der Waals surface area contributed by atoms with Crippen molar-refractivity contribution in [2.75, 3.05) is 6.61 Å². The van der Waals surface area contributed by atoms with E-state index in [4.69, 9.17) is 4.74 Å². The Balaban J connectivity index is 1.95. The van der Waals surface area contributed by atoms with Gasteiger partial charge in [0.25, 0.3) is 5.91 Å². The number of halogens is 2. The molecule has 0 aromatic heterocycles. The summed E-state index contributed by atoms with van der Waals surface area (Å²) in [5.74, 6) is 0.775. The first kappa shape index (κ1) is 20.5. The molecule has 1 amide bonds. The van der Waals surface area contributed by atoms with E-state index < -0.39 is 0 Å². The Morgan fingerprint density at radius 1 is 1.27 bits per heavy atom. The van der Waals surface area contributed by atoms with Gasteiger partial charge in [0.1, 0.15) is 11.5 Å². The summed E-state index contributed by atoms with van der Waals surface area (Å²) in [7, 11) is 0. The number of rotatable bonds is 6. The van der Waals surface area contributed by atoms with Crippen molar-refractivity contribution >= 4 is 44.0 Å². The minimum Gasteiger partial charge on any atom is -0.506 e. The van der Waals surface area contributed by atoms with E-state index >= 15 is 0 Å². The van der Waals surface area contributed by atoms with Crippen LogP contribution in [0.15, 0.2) is 44.4 Å². The highest BCUT2D eigenvalue weighted by molar-refractivity contribution is 9.11. The fourth-order valence-electron chi connectivity index (χ4n) is 2.26. The van der Waals surface area contributed by atoms with Crippen molar-refractivity contribution in [1.29, 1.82) is 0 Å². The first-order chi connectivity index (χ1) is 12.3. The van der Waals surface area contributed by atoms with Crippen LogP contribution < -0.4 is 10.2 Å². The summed E-state index contributed by atoms with van der Waals surface area (Å²) in [4.78, 5) is 12.0. The zero-order valence-corrected chi connectivity index (χ0v) is 17.9. The number of phenolic OH excluding ortho intramolecular Hbond substituents is 1. The summed E-state index contributed by atoms with van der Waals surface area (Å²) >= 11 is 6.49. The van der Waals surface area contributed by atoms with Gasteiger partial charge in [0.2, 0.25) is 0 Å². The Labute approximate surface area is 169 Å². The van der Waals surface area contributed by atoms with E-state index in [0.717, 1.165) is 11.1 Å². The number of amides is 1. The second kappa shape index (κ2) is 9.19. The molecule has 26 heavy (non-hydrogen) atoms. The van der Waals surface area contributed by atoms with Crippen LogP contribution in [-0.2, 0) is 4.79 Å². The topological polar surface area (TPSA) is 70.9 Å². The van der Waals surface area contributed by atoms with Crippen LogP contribution in [0.3, 0.4) is 0 Å². The van der Waals surface area contributed by atoms with Crippen LogP contribution in [0.5, 0.6) is 11.5 Å². The average Bonchev–Trinajstić information content (AvgIpc) is 2.57. The molecule has 0 saturated heterocycles. The number of hydrazone groups is 1. The molecule has 138 valence electrons. The maximum Gasteiger partial charge on any atom is 0.277 e. The summed E-state index contributed by atoms with van der Waals surface area (Å²) < 4.78 is 6.73. The van der Waals surface area contributed by atoms with Crippen LogP contribution in [0.1, 0.15) is 36.5 Å². The Hall–Kier alpha value is -1.86. The molecule has 0 heterocycles. The van der Waals surface area contributed by atoms with Crippen LogP contribution >= 0.6 is 31.9 Å². The lowest BCUT2D eigenvalue weighted by Crippen LogP contribution is -2.25. The van der Waals surface area contributed by atoms with Crippen molar-refractivity contribution in [1.82, 2.24) is 5.43 Å². The molecule has 0 fully saturated rings. The number of nitrogens with zero attached hydrogens (tertiary/aromatic N) is 1. The molecule has 0 bridgehead atoms. The van der Waals surface area contributed by atoms with E-state index in [-0.39, 0.29) is 18.3 Å². The van der Waals surface area contributed by atoms with Crippen molar-refractivity contribution < 1.29 is 14.6 Å². The molecule has 2 aromatic carbocycles. The third-order valence-corrected chi connectivity index (χ3v) is 4.80. The molecule has 2 N–H and O–H groups in total. The van der Waals surface area contributed by atoms with Crippen molar-refractivity contribution in [2.45, 2.75) is 26.7 Å². The molecule has 0 spiro atoms. The molecular formula is C19H20Br2N2O3. The van der Waals surface area contributed by atoms with Gasteiger partial charge >= 0.3 is 0 Å². The summed E-state index contributed by atoms with van der Waals surface area (Å²) in [5, 5.41) is 13.6. The van der Waals surface area contributed by atoms with E-state index in [0.29, 0.717) is 26.2 Å². The largest absolute Gasteiger partial charge is 0.506 e. The predicted molar refractivity (Wildman–Crippen MR) is 110 cm³/mol. The number of phenols is 1. The maximum atomic E-state index is 12.0. The molecule has 2 rings (SSSR count). The fraction of sp³-hybridized carbons (Fsp3) is 0.263. The lowest BCUT2D eigenvalue weighted by Gasteiger charge is -2.14. The Morgan fingerprint density at radius 2 is 1.92 bits per heavy atom. The highest BCUT2D eigenvalue weighted by Crippen LogP contribution is 2.32. The van der Waals surface area contributed by atoms with Gasteiger partial charge in [0.15, 0.2) is 6.61 Å². The second-order valence-electron chi connectivity index (χ2n) is 6.11. The third kappa shape index (κ3) is 5.57. The Kier molecular flexibility index (Phi) is 7.23. The van der Waals surface area contributed by atoms with Gasteiger partial charge in [-0.1, -0.05) is 26.0 Å². The number of hydrogen-bond acceptors (Lipinski definition) is 4. The number of benzene rings is 2. The minimum atomic E-state index is -0.352. The van der Waals surface area contributed by atoms with E-state index in [2.05, 4.69) is 56.2 Å². The molecule has 0 unspecified atom stereocenters. The van der Waals surface area contributed by atoms with Gasteiger partial charge in [-0.05, 0) is 79.6 Å². The van der Waals surface area contributed by atoms with Crippen LogP contribution in [0.25, 0.3) is 0 Å². The lowest BCUT2D eigenvalue weighted by atomic mass is 10.0. The van der Waals surface area contributed by atoms with Gasteiger partial charge < -0.3 is 9.84 Å². The Bertz CT molecular complexity index is 813. The monoisotopic (exact) mass is 482 g/mol. The van der Waals surface area contributed by atoms with E-state index in [1.54, 1.807) is 12.1 Å². The van der Waals surface area contributed by atoms with E-state index in [9.17, 15) is 9.90 Å². The molecule has 0 aliphatic carbocycles. The van der Waals surface area contributed by atoms with E-state index in [1.165, 1.54) is 6.21 Å². The number of aryl methyl sites for hydroxylation is 1. The zero-order valence-electron chi connectivity index (χ0n) is 14.7. The normalized spacial score (nSPS) is 11.2. The van der Waals surface area contributed by atoms with Crippen molar-refractivity contribution in [3.8, 4) is 11.5 Å². The molecular weight excluding hydrogens is 464 g/mol. The quantitative estimate of drug-likeness (QED) is 0.454. The van der Waals surface area contributed by atoms with Crippen molar-refractivity contribution in [3.63, 3.8) is 0 Å². The minimum absolute atomic E-state index is 0.110. The van der Waals surface area contributed by atoms with Crippen LogP contribution in [0, 0.1) is 6.92 Å². The fourth-order valence-corrected chi connectivity index (χ4v) is 3.48. The number of hydrogen-bond donors (Lipinski definition) is 2. The predicted octanol–water partition coefficient (Wildman–Crippen LogP) is 4.88. The standard InChI is InChI=1S/C19H20Br2N2O3/c1-11(2)14-5-4-12(3)6-17(14)26-10-18(24)23-22-9-13-7-15(20)19(25)16(21)8-13/h4-9,11,25H,10H2,1-3H3,(H,23,24)/b22-9+. The number of aromatic hydroxyl groups is 1. The van der Waals surface area contributed by atoms with Gasteiger partial charge in [0.05, 0.1) is 15.2 Å². The third-order valence-electron chi connectivity index (χ3n) is 3.59. The second-order valence-corrected chi connectivity index (χ2v) is 7.82. The van der Waals surface area contributed by atoms with E-state index in [1.807, 2.05) is 25.1 Å². The summed E-state index contributed by atoms with van der Waals surface area (Å²) in [6.07, 6.45) is 1.49. The first-order valence-electron chi connectivity index (χ1n) is 8.01. The first-order valence-corrected chi connectivity index (χ1v) is 9.59. The molecule has 0 radical (unpaired) electrons. The van der Waals surface area contributed by atoms with Gasteiger partial charge in [-0.3, -0.25) is 4.79 Å². The smallest absolute Gasteiger partial charge is 0.277 e. The number of ether oxygens (including phenoxy) is 1. The molecule has 0 saturated carbocycles. The van der Waals surface area contributed by atoms with Gasteiger partial charge in [0, 0.05) is 0 Å². The van der Waals surface area contributed by atoms with Crippen LogP contribution in [0.2, 0.25) is 0 Å². The average molecular weight is 484 g/mol. The zero-order chi connectivity index (χ0) is 19.3. The molecule has 5 nitrogen and oxygen atoms in total. The van der Waals surface area contributed by atoms with Gasteiger partial charge in [-0.2, -0.15) is 5.10 Å².